The van der Waals surface area contributed by atoms with E-state index in [0.717, 1.165) is 5.56 Å². The number of rotatable bonds is 5. The number of aryl methyl sites for hydroxylation is 2. The number of hydrogen-bond acceptors (Lipinski definition) is 4. The van der Waals surface area contributed by atoms with Gasteiger partial charge in [-0.05, 0) is 25.0 Å². The molecule has 1 aromatic carbocycles. The molecule has 0 unspecified atom stereocenters. The second-order valence-corrected chi connectivity index (χ2v) is 5.23. The Hall–Kier alpha value is -2.89. The van der Waals surface area contributed by atoms with Crippen LogP contribution >= 0.6 is 0 Å². The lowest BCUT2D eigenvalue weighted by molar-refractivity contribution is -0.139. The second kappa shape index (κ2) is 6.91. The van der Waals surface area contributed by atoms with Crippen LogP contribution in [0.3, 0.4) is 0 Å². The predicted molar refractivity (Wildman–Crippen MR) is 83.5 cm³/mol. The first-order chi connectivity index (χ1) is 10.9. The minimum Gasteiger partial charge on any atom is -0.480 e. The van der Waals surface area contributed by atoms with Crippen LogP contribution in [0.25, 0.3) is 0 Å². The molecule has 2 aromatic rings. The van der Waals surface area contributed by atoms with E-state index < -0.39 is 23.5 Å². The molecule has 6 nitrogen and oxygen atoms in total. The molecule has 0 saturated heterocycles. The average Bonchev–Trinajstić information content (AvgIpc) is 2.46. The maximum absolute atomic E-state index is 12.4. The van der Waals surface area contributed by atoms with Crippen molar-refractivity contribution in [1.82, 2.24) is 5.32 Å². The van der Waals surface area contributed by atoms with Crippen molar-refractivity contribution in [3.63, 3.8) is 0 Å². The van der Waals surface area contributed by atoms with Crippen molar-refractivity contribution >= 4 is 11.9 Å². The molecule has 0 saturated carbocycles. The summed E-state index contributed by atoms with van der Waals surface area (Å²) in [4.78, 5) is 35.0. The van der Waals surface area contributed by atoms with E-state index in [1.807, 2.05) is 6.07 Å². The van der Waals surface area contributed by atoms with Gasteiger partial charge in [0.2, 0.25) is 0 Å². The SMILES string of the molecule is Cc1cc(=O)oc(C)c1C(=O)N[C@H](Cc1ccccc1)C(=O)O. The van der Waals surface area contributed by atoms with Crippen LogP contribution in [-0.2, 0) is 11.2 Å². The minimum absolute atomic E-state index is 0.163. The van der Waals surface area contributed by atoms with Crippen LogP contribution in [0, 0.1) is 13.8 Å². The second-order valence-electron chi connectivity index (χ2n) is 5.23. The number of nitrogens with one attached hydrogen (secondary N) is 1. The summed E-state index contributed by atoms with van der Waals surface area (Å²) in [6.45, 7) is 3.10. The smallest absolute Gasteiger partial charge is 0.336 e. The van der Waals surface area contributed by atoms with Crippen molar-refractivity contribution < 1.29 is 19.1 Å². The van der Waals surface area contributed by atoms with Gasteiger partial charge in [0, 0.05) is 12.5 Å². The average molecular weight is 315 g/mol. The Labute approximate surface area is 132 Å². The Morgan fingerprint density at radius 1 is 1.22 bits per heavy atom. The molecule has 0 fully saturated rings. The summed E-state index contributed by atoms with van der Waals surface area (Å²) in [5.74, 6) is -1.54. The van der Waals surface area contributed by atoms with E-state index in [2.05, 4.69) is 5.32 Å². The molecular weight excluding hydrogens is 298 g/mol. The molecule has 1 amide bonds. The highest BCUT2D eigenvalue weighted by Crippen LogP contribution is 2.12. The summed E-state index contributed by atoms with van der Waals surface area (Å²) < 4.78 is 4.91. The third-order valence-corrected chi connectivity index (χ3v) is 3.45. The van der Waals surface area contributed by atoms with Crippen LogP contribution in [0.15, 0.2) is 45.6 Å². The summed E-state index contributed by atoms with van der Waals surface area (Å²) >= 11 is 0. The third-order valence-electron chi connectivity index (χ3n) is 3.45. The first kappa shape index (κ1) is 16.5. The summed E-state index contributed by atoms with van der Waals surface area (Å²) in [7, 11) is 0. The molecule has 1 aromatic heterocycles. The Morgan fingerprint density at radius 2 is 1.87 bits per heavy atom. The van der Waals surface area contributed by atoms with E-state index in [9.17, 15) is 19.5 Å². The van der Waals surface area contributed by atoms with Crippen molar-refractivity contribution in [2.45, 2.75) is 26.3 Å². The lowest BCUT2D eigenvalue weighted by Gasteiger charge is -2.16. The van der Waals surface area contributed by atoms with E-state index in [1.165, 1.54) is 13.0 Å². The number of benzene rings is 1. The Balaban J connectivity index is 2.22. The fourth-order valence-electron chi connectivity index (χ4n) is 2.38. The predicted octanol–water partition coefficient (Wildman–Crippen LogP) is 1.68. The third kappa shape index (κ3) is 4.06. The standard InChI is InChI=1S/C17H17NO5/c1-10-8-14(19)23-11(2)15(10)16(20)18-13(17(21)22)9-12-6-4-3-5-7-12/h3-8,13H,9H2,1-2H3,(H,18,20)(H,21,22)/t13-/m1/s1. The summed E-state index contributed by atoms with van der Waals surface area (Å²) in [6.07, 6.45) is 0.163. The highest BCUT2D eigenvalue weighted by molar-refractivity contribution is 5.98. The van der Waals surface area contributed by atoms with Crippen LogP contribution in [0.1, 0.15) is 27.2 Å². The van der Waals surface area contributed by atoms with Crippen LogP contribution in [0.4, 0.5) is 0 Å². The molecule has 0 radical (unpaired) electrons. The van der Waals surface area contributed by atoms with Gasteiger partial charge in [0.1, 0.15) is 11.8 Å². The molecule has 0 aliphatic rings. The minimum atomic E-state index is -1.13. The van der Waals surface area contributed by atoms with Crippen molar-refractivity contribution in [3.8, 4) is 0 Å². The number of carboxylic acids is 1. The maximum Gasteiger partial charge on any atom is 0.336 e. The lowest BCUT2D eigenvalue weighted by Crippen LogP contribution is -2.42. The molecule has 0 spiro atoms. The van der Waals surface area contributed by atoms with E-state index in [4.69, 9.17) is 4.42 Å². The molecule has 23 heavy (non-hydrogen) atoms. The molecule has 1 heterocycles. The van der Waals surface area contributed by atoms with Gasteiger partial charge in [0.25, 0.3) is 5.91 Å². The zero-order valence-corrected chi connectivity index (χ0v) is 12.8. The largest absolute Gasteiger partial charge is 0.480 e. The Bertz CT molecular complexity index is 753. The van der Waals surface area contributed by atoms with Crippen molar-refractivity contribution in [2.75, 3.05) is 0 Å². The van der Waals surface area contributed by atoms with Gasteiger partial charge >= 0.3 is 11.6 Å². The van der Waals surface area contributed by atoms with Gasteiger partial charge in [-0.25, -0.2) is 9.59 Å². The highest BCUT2D eigenvalue weighted by atomic mass is 16.4. The number of hydrogen-bond donors (Lipinski definition) is 2. The number of amides is 1. The first-order valence-electron chi connectivity index (χ1n) is 7.07. The van der Waals surface area contributed by atoms with Crippen LogP contribution in [0.2, 0.25) is 0 Å². The fraction of sp³-hybridized carbons (Fsp3) is 0.235. The van der Waals surface area contributed by atoms with Gasteiger partial charge in [0.05, 0.1) is 5.56 Å². The van der Waals surface area contributed by atoms with Crippen molar-refractivity contribution in [3.05, 3.63) is 69.3 Å². The molecule has 2 rings (SSSR count). The normalized spacial score (nSPS) is 11.7. The Kier molecular flexibility index (Phi) is 4.95. The topological polar surface area (TPSA) is 96.6 Å². The number of aliphatic carboxylic acids is 1. The van der Waals surface area contributed by atoms with Gasteiger partial charge in [-0.15, -0.1) is 0 Å². The molecule has 2 N–H and O–H groups in total. The van der Waals surface area contributed by atoms with Crippen LogP contribution in [-0.4, -0.2) is 23.0 Å². The quantitative estimate of drug-likeness (QED) is 0.875. The number of carbonyl (C=O) groups excluding carboxylic acids is 1. The molecule has 0 aliphatic heterocycles. The molecule has 1 atom stereocenters. The summed E-state index contributed by atoms with van der Waals surface area (Å²) in [5, 5.41) is 11.8. The van der Waals surface area contributed by atoms with Gasteiger partial charge in [-0.3, -0.25) is 4.79 Å². The lowest BCUT2D eigenvalue weighted by atomic mass is 10.0. The monoisotopic (exact) mass is 315 g/mol. The van der Waals surface area contributed by atoms with Crippen molar-refractivity contribution in [1.29, 1.82) is 0 Å². The fourth-order valence-corrected chi connectivity index (χ4v) is 2.38. The molecule has 120 valence electrons. The van der Waals surface area contributed by atoms with E-state index >= 15 is 0 Å². The number of carbonyl (C=O) groups is 2. The van der Waals surface area contributed by atoms with Gasteiger partial charge in [-0.1, -0.05) is 30.3 Å². The highest BCUT2D eigenvalue weighted by Gasteiger charge is 2.23. The Morgan fingerprint density at radius 3 is 2.43 bits per heavy atom. The van der Waals surface area contributed by atoms with Gasteiger partial charge < -0.3 is 14.8 Å². The van der Waals surface area contributed by atoms with Crippen LogP contribution in [0.5, 0.6) is 0 Å². The maximum atomic E-state index is 12.4. The number of carboxylic acid groups (broad SMARTS) is 1. The molecule has 0 bridgehead atoms. The molecule has 6 heteroatoms. The van der Waals surface area contributed by atoms with E-state index in [-0.39, 0.29) is 17.7 Å². The first-order valence-corrected chi connectivity index (χ1v) is 7.07. The molecule has 0 aliphatic carbocycles. The van der Waals surface area contributed by atoms with E-state index in [0.29, 0.717) is 5.56 Å². The zero-order valence-electron chi connectivity index (χ0n) is 12.8. The van der Waals surface area contributed by atoms with Crippen molar-refractivity contribution in [2.24, 2.45) is 0 Å². The summed E-state index contributed by atoms with van der Waals surface area (Å²) in [6, 6.07) is 9.15. The van der Waals surface area contributed by atoms with Gasteiger partial charge in [0.15, 0.2) is 0 Å². The van der Waals surface area contributed by atoms with E-state index in [1.54, 1.807) is 31.2 Å². The van der Waals surface area contributed by atoms with Gasteiger partial charge in [-0.2, -0.15) is 0 Å². The van der Waals surface area contributed by atoms with Crippen LogP contribution < -0.4 is 10.9 Å². The molecular formula is C17H17NO5. The summed E-state index contributed by atoms with van der Waals surface area (Å²) in [5.41, 5.74) is 0.882. The zero-order chi connectivity index (χ0) is 17.0.